The molecule has 0 unspecified atom stereocenters. The van der Waals surface area contributed by atoms with Crippen LogP contribution < -0.4 is 10.5 Å². The maximum absolute atomic E-state index is 10.1. The summed E-state index contributed by atoms with van der Waals surface area (Å²) in [5.74, 6) is 1.49. The maximum atomic E-state index is 10.1. The van der Waals surface area contributed by atoms with E-state index in [1.54, 1.807) is 0 Å². The zero-order valence-corrected chi connectivity index (χ0v) is 6.49. The molecule has 0 saturated heterocycles. The predicted octanol–water partition coefficient (Wildman–Crippen LogP) is 0.959. The minimum Gasteiger partial charge on any atom is -0.351 e. The average Bonchev–Trinajstić information content (AvgIpc) is 1.63. The molecule has 0 atom stereocenters. The highest BCUT2D eigenvalue weighted by Gasteiger charge is 1.94. The van der Waals surface area contributed by atoms with Crippen molar-refractivity contribution in [2.24, 2.45) is 11.7 Å². The first-order chi connectivity index (χ1) is 4.13. The number of nitrogens with two attached hydrogens (primary N) is 1. The molecule has 9 heavy (non-hydrogen) atoms. The van der Waals surface area contributed by atoms with Crippen molar-refractivity contribution >= 4 is 18.0 Å². The van der Waals surface area contributed by atoms with E-state index in [1.165, 1.54) is 11.9 Å². The number of primary amides is 1. The van der Waals surface area contributed by atoms with E-state index in [1.807, 2.05) is 0 Å². The third-order valence-corrected chi connectivity index (χ3v) is 1.77. The van der Waals surface area contributed by atoms with E-state index in [-0.39, 0.29) is 0 Å². The maximum Gasteiger partial charge on any atom is 0.322 e. The number of carbonyl (C=O) groups is 1. The monoisotopic (exact) mass is 148 g/mol. The SMILES string of the molecule is CC(C)CSNC(N)=O. The van der Waals surface area contributed by atoms with Gasteiger partial charge in [-0.1, -0.05) is 13.8 Å². The molecular formula is C5H12N2OS. The molecule has 0 rings (SSSR count). The number of carbonyl (C=O) groups excluding carboxylic acids is 1. The zero-order valence-electron chi connectivity index (χ0n) is 5.68. The lowest BCUT2D eigenvalue weighted by atomic mass is 10.3. The van der Waals surface area contributed by atoms with Crippen molar-refractivity contribution in [1.29, 1.82) is 0 Å². The largest absolute Gasteiger partial charge is 0.351 e. The van der Waals surface area contributed by atoms with Crippen molar-refractivity contribution in [3.8, 4) is 0 Å². The van der Waals surface area contributed by atoms with Gasteiger partial charge in [0.05, 0.1) is 0 Å². The summed E-state index contributed by atoms with van der Waals surface area (Å²) in [4.78, 5) is 10.1. The fraction of sp³-hybridized carbons (Fsp3) is 0.800. The second-order valence-corrected chi connectivity index (χ2v) is 3.00. The molecule has 0 bridgehead atoms. The fourth-order valence-electron chi connectivity index (χ4n) is 0.279. The third-order valence-electron chi connectivity index (χ3n) is 0.589. The number of rotatable bonds is 3. The van der Waals surface area contributed by atoms with Crippen molar-refractivity contribution < 1.29 is 4.79 Å². The molecule has 0 aromatic heterocycles. The van der Waals surface area contributed by atoms with Crippen LogP contribution in [0.25, 0.3) is 0 Å². The molecule has 0 aromatic rings. The van der Waals surface area contributed by atoms with Gasteiger partial charge in [-0.25, -0.2) is 4.79 Å². The Labute approximate surface area is 59.5 Å². The van der Waals surface area contributed by atoms with Gasteiger partial charge in [-0.15, -0.1) is 0 Å². The topological polar surface area (TPSA) is 55.1 Å². The lowest BCUT2D eigenvalue weighted by molar-refractivity contribution is 0.254. The molecule has 0 spiro atoms. The minimum atomic E-state index is -0.472. The first-order valence-electron chi connectivity index (χ1n) is 2.80. The number of urea groups is 1. The second-order valence-electron chi connectivity index (χ2n) is 2.17. The Kier molecular flexibility index (Phi) is 4.30. The molecule has 0 fully saturated rings. The normalized spacial score (nSPS) is 9.67. The molecule has 0 aromatic carbocycles. The Morgan fingerprint density at radius 3 is 2.67 bits per heavy atom. The summed E-state index contributed by atoms with van der Waals surface area (Å²) in [5.41, 5.74) is 4.81. The van der Waals surface area contributed by atoms with Gasteiger partial charge < -0.3 is 5.73 Å². The highest BCUT2D eigenvalue weighted by Crippen LogP contribution is 2.01. The van der Waals surface area contributed by atoms with Gasteiger partial charge in [0.15, 0.2) is 0 Å². The molecule has 4 heteroatoms. The molecule has 2 amide bonds. The van der Waals surface area contributed by atoms with Crippen LogP contribution >= 0.6 is 11.9 Å². The average molecular weight is 148 g/mol. The summed E-state index contributed by atoms with van der Waals surface area (Å²) >= 11 is 1.34. The molecule has 0 radical (unpaired) electrons. The van der Waals surface area contributed by atoms with E-state index in [2.05, 4.69) is 18.6 Å². The number of amides is 2. The summed E-state index contributed by atoms with van der Waals surface area (Å²) < 4.78 is 2.43. The molecule has 0 saturated carbocycles. The van der Waals surface area contributed by atoms with Crippen LogP contribution in [-0.2, 0) is 0 Å². The van der Waals surface area contributed by atoms with Crippen LogP contribution in [0.15, 0.2) is 0 Å². The second kappa shape index (κ2) is 4.49. The first kappa shape index (κ1) is 8.62. The van der Waals surface area contributed by atoms with Crippen molar-refractivity contribution in [3.05, 3.63) is 0 Å². The van der Waals surface area contributed by atoms with Crippen LogP contribution in [-0.4, -0.2) is 11.8 Å². The standard InChI is InChI=1S/C5H12N2OS/c1-4(2)3-9-7-5(6)8/h4H,3H2,1-2H3,(H3,6,7,8). The van der Waals surface area contributed by atoms with Gasteiger partial charge in [0.25, 0.3) is 0 Å². The van der Waals surface area contributed by atoms with Gasteiger partial charge in [-0.3, -0.25) is 4.72 Å². The van der Waals surface area contributed by atoms with Crippen LogP contribution in [0.4, 0.5) is 4.79 Å². The third kappa shape index (κ3) is 7.62. The first-order valence-corrected chi connectivity index (χ1v) is 3.78. The summed E-state index contributed by atoms with van der Waals surface area (Å²) in [6, 6.07) is -0.472. The Bertz CT molecular complexity index is 95.0. The van der Waals surface area contributed by atoms with Gasteiger partial charge in [0.1, 0.15) is 0 Å². The van der Waals surface area contributed by atoms with E-state index in [9.17, 15) is 4.79 Å². The molecule has 3 N–H and O–H groups in total. The quantitative estimate of drug-likeness (QED) is 0.586. The predicted molar refractivity (Wildman–Crippen MR) is 40.0 cm³/mol. The highest BCUT2D eigenvalue weighted by atomic mass is 32.2. The molecule has 0 heterocycles. The smallest absolute Gasteiger partial charge is 0.322 e. The molecular weight excluding hydrogens is 136 g/mol. The minimum absolute atomic E-state index is 0.472. The van der Waals surface area contributed by atoms with Gasteiger partial charge in [0, 0.05) is 5.75 Å². The van der Waals surface area contributed by atoms with Gasteiger partial charge in [0.2, 0.25) is 0 Å². The molecule has 0 aliphatic rings. The van der Waals surface area contributed by atoms with Crippen LogP contribution in [0.3, 0.4) is 0 Å². The molecule has 54 valence electrons. The summed E-state index contributed by atoms with van der Waals surface area (Å²) in [6.45, 7) is 4.16. The van der Waals surface area contributed by atoms with Gasteiger partial charge in [-0.05, 0) is 17.9 Å². The molecule has 0 aliphatic heterocycles. The van der Waals surface area contributed by atoms with Crippen molar-refractivity contribution in [1.82, 2.24) is 4.72 Å². The van der Waals surface area contributed by atoms with Crippen molar-refractivity contribution in [2.75, 3.05) is 5.75 Å². The van der Waals surface area contributed by atoms with Crippen LogP contribution in [0.5, 0.6) is 0 Å². The number of nitrogens with one attached hydrogen (secondary N) is 1. The number of hydrogen-bond acceptors (Lipinski definition) is 2. The summed E-state index contributed by atoms with van der Waals surface area (Å²) in [6.07, 6.45) is 0. The highest BCUT2D eigenvalue weighted by molar-refractivity contribution is 7.97. The Morgan fingerprint density at radius 1 is 1.78 bits per heavy atom. The van der Waals surface area contributed by atoms with Crippen molar-refractivity contribution in [2.45, 2.75) is 13.8 Å². The molecule has 3 nitrogen and oxygen atoms in total. The molecule has 0 aliphatic carbocycles. The van der Waals surface area contributed by atoms with Gasteiger partial charge in [-0.2, -0.15) is 0 Å². The Morgan fingerprint density at radius 2 is 2.33 bits per heavy atom. The van der Waals surface area contributed by atoms with E-state index < -0.39 is 6.03 Å². The van der Waals surface area contributed by atoms with Gasteiger partial charge >= 0.3 is 6.03 Å². The van der Waals surface area contributed by atoms with Crippen LogP contribution in [0.2, 0.25) is 0 Å². The van der Waals surface area contributed by atoms with E-state index in [4.69, 9.17) is 5.73 Å². The lowest BCUT2D eigenvalue weighted by Crippen LogP contribution is -2.23. The Hall–Kier alpha value is -0.380. The zero-order chi connectivity index (χ0) is 7.28. The summed E-state index contributed by atoms with van der Waals surface area (Å²) in [5, 5.41) is 0. The van der Waals surface area contributed by atoms with Crippen LogP contribution in [0, 0.1) is 5.92 Å². The van der Waals surface area contributed by atoms with E-state index in [0.29, 0.717) is 5.92 Å². The fourth-order valence-corrected chi connectivity index (χ4v) is 0.838. The van der Waals surface area contributed by atoms with Crippen molar-refractivity contribution in [3.63, 3.8) is 0 Å². The Balaban J connectivity index is 3.01. The van der Waals surface area contributed by atoms with Crippen LogP contribution in [0.1, 0.15) is 13.8 Å². The van der Waals surface area contributed by atoms with E-state index >= 15 is 0 Å². The lowest BCUT2D eigenvalue weighted by Gasteiger charge is -2.02. The summed E-state index contributed by atoms with van der Waals surface area (Å²) in [7, 11) is 0. The van der Waals surface area contributed by atoms with E-state index in [0.717, 1.165) is 5.75 Å². The number of hydrogen-bond donors (Lipinski definition) is 2.